The monoisotopic (exact) mass is 169 g/mol. The molecular formula is C11H21O. The normalized spacial score (nSPS) is 15.6. The Hall–Kier alpha value is -0.300. The first-order valence-electron chi connectivity index (χ1n) is 4.76. The molecular weight excluding hydrogens is 148 g/mol. The minimum absolute atomic E-state index is 0.402. The molecule has 0 aromatic carbocycles. The molecule has 0 heterocycles. The van der Waals surface area contributed by atoms with Crippen molar-refractivity contribution in [2.45, 2.75) is 45.6 Å². The van der Waals surface area contributed by atoms with Crippen LogP contribution in [-0.2, 0) is 4.74 Å². The van der Waals surface area contributed by atoms with Gasteiger partial charge in [0.15, 0.2) is 0 Å². The van der Waals surface area contributed by atoms with Gasteiger partial charge in [0.1, 0.15) is 0 Å². The van der Waals surface area contributed by atoms with Gasteiger partial charge in [0.05, 0.1) is 6.10 Å². The van der Waals surface area contributed by atoms with Gasteiger partial charge in [-0.05, 0) is 25.7 Å². The van der Waals surface area contributed by atoms with Gasteiger partial charge in [-0.2, -0.15) is 0 Å². The fourth-order valence-electron chi connectivity index (χ4n) is 1.22. The van der Waals surface area contributed by atoms with Gasteiger partial charge in [0.25, 0.3) is 0 Å². The van der Waals surface area contributed by atoms with Crippen molar-refractivity contribution in [2.75, 3.05) is 7.11 Å². The molecule has 1 heteroatoms. The van der Waals surface area contributed by atoms with E-state index in [0.29, 0.717) is 6.10 Å². The highest BCUT2D eigenvalue weighted by atomic mass is 16.5. The lowest BCUT2D eigenvalue weighted by Gasteiger charge is -2.11. The molecule has 71 valence electrons. The summed E-state index contributed by atoms with van der Waals surface area (Å²) in [5.74, 6) is 0.721. The Kier molecular flexibility index (Phi) is 7.17. The Morgan fingerprint density at radius 3 is 2.50 bits per heavy atom. The zero-order chi connectivity index (χ0) is 9.40. The van der Waals surface area contributed by atoms with Crippen molar-refractivity contribution in [2.24, 2.45) is 5.92 Å². The zero-order valence-corrected chi connectivity index (χ0v) is 8.55. The molecule has 0 spiro atoms. The summed E-state index contributed by atoms with van der Waals surface area (Å²) in [5.41, 5.74) is 0. The molecule has 0 aliphatic rings. The summed E-state index contributed by atoms with van der Waals surface area (Å²) >= 11 is 0. The third-order valence-electron chi connectivity index (χ3n) is 2.25. The summed E-state index contributed by atoms with van der Waals surface area (Å²) in [6, 6.07) is 0. The van der Waals surface area contributed by atoms with E-state index in [-0.39, 0.29) is 0 Å². The topological polar surface area (TPSA) is 9.23 Å². The number of rotatable bonds is 7. The molecule has 0 aliphatic heterocycles. The lowest BCUT2D eigenvalue weighted by molar-refractivity contribution is 0.107. The van der Waals surface area contributed by atoms with E-state index < -0.39 is 0 Å². The third-order valence-corrected chi connectivity index (χ3v) is 2.25. The Labute approximate surface area is 76.8 Å². The molecule has 0 N–H and O–H groups in total. The van der Waals surface area contributed by atoms with E-state index in [0.717, 1.165) is 18.8 Å². The number of ether oxygens (including phenoxy) is 1. The Bertz CT molecular complexity index is 110. The van der Waals surface area contributed by atoms with E-state index in [9.17, 15) is 0 Å². The van der Waals surface area contributed by atoms with Gasteiger partial charge in [-0.3, -0.25) is 0 Å². The molecule has 0 bridgehead atoms. The smallest absolute Gasteiger partial charge is 0.0543 e. The van der Waals surface area contributed by atoms with Crippen molar-refractivity contribution >= 4 is 0 Å². The minimum atomic E-state index is 0.402. The molecule has 0 aromatic rings. The van der Waals surface area contributed by atoms with Crippen LogP contribution in [0.25, 0.3) is 0 Å². The summed E-state index contributed by atoms with van der Waals surface area (Å²) in [6.07, 6.45) is 6.84. The van der Waals surface area contributed by atoms with Crippen LogP contribution in [0, 0.1) is 12.5 Å². The van der Waals surface area contributed by atoms with E-state index in [4.69, 9.17) is 11.3 Å². The largest absolute Gasteiger partial charge is 0.382 e. The van der Waals surface area contributed by atoms with Crippen LogP contribution in [-0.4, -0.2) is 13.2 Å². The highest BCUT2D eigenvalue weighted by Crippen LogP contribution is 2.13. The van der Waals surface area contributed by atoms with Crippen LogP contribution in [0.3, 0.4) is 0 Å². The Morgan fingerprint density at radius 2 is 2.00 bits per heavy atom. The first kappa shape index (κ1) is 11.7. The van der Waals surface area contributed by atoms with Gasteiger partial charge in [-0.15, -0.1) is 0 Å². The summed E-state index contributed by atoms with van der Waals surface area (Å²) in [6.45, 7) is 9.69. The fraction of sp³-hybridized carbons (Fsp3) is 0.818. The maximum Gasteiger partial charge on any atom is 0.0543 e. The van der Waals surface area contributed by atoms with Crippen LogP contribution in [0.2, 0.25) is 0 Å². The molecule has 0 saturated heterocycles. The van der Waals surface area contributed by atoms with E-state index in [1.807, 2.05) is 0 Å². The first-order valence-corrected chi connectivity index (χ1v) is 4.76. The molecule has 0 aliphatic carbocycles. The van der Waals surface area contributed by atoms with E-state index in [2.05, 4.69) is 13.8 Å². The second-order valence-corrected chi connectivity index (χ2v) is 3.55. The van der Waals surface area contributed by atoms with Crippen LogP contribution < -0.4 is 0 Å². The molecule has 0 amide bonds. The van der Waals surface area contributed by atoms with E-state index >= 15 is 0 Å². The maximum absolute atomic E-state index is 5.34. The van der Waals surface area contributed by atoms with Gasteiger partial charge in [-0.1, -0.05) is 32.4 Å². The van der Waals surface area contributed by atoms with Crippen LogP contribution in [0.5, 0.6) is 0 Å². The van der Waals surface area contributed by atoms with Gasteiger partial charge in [-0.25, -0.2) is 0 Å². The number of hydrogen-bond acceptors (Lipinski definition) is 1. The average molecular weight is 169 g/mol. The summed E-state index contributed by atoms with van der Waals surface area (Å²) in [5, 5.41) is 0. The summed E-state index contributed by atoms with van der Waals surface area (Å²) in [7, 11) is 1.77. The SMILES string of the molecule is [CH]=CCC(C)CCCC(C)OC. The maximum atomic E-state index is 5.34. The van der Waals surface area contributed by atoms with E-state index in [1.54, 1.807) is 13.2 Å². The molecule has 1 radical (unpaired) electrons. The number of allylic oxidation sites excluding steroid dienone is 1. The third kappa shape index (κ3) is 6.41. The number of methoxy groups -OCH3 is 1. The highest BCUT2D eigenvalue weighted by Gasteiger charge is 2.02. The van der Waals surface area contributed by atoms with Crippen molar-refractivity contribution in [3.8, 4) is 0 Å². The lowest BCUT2D eigenvalue weighted by Crippen LogP contribution is -2.05. The van der Waals surface area contributed by atoms with Gasteiger partial charge in [0.2, 0.25) is 0 Å². The second kappa shape index (κ2) is 7.35. The Balaban J connectivity index is 3.23. The molecule has 0 saturated carbocycles. The van der Waals surface area contributed by atoms with Gasteiger partial charge in [0, 0.05) is 7.11 Å². The molecule has 0 rings (SSSR count). The molecule has 2 unspecified atom stereocenters. The molecule has 1 nitrogen and oxygen atoms in total. The zero-order valence-electron chi connectivity index (χ0n) is 8.55. The minimum Gasteiger partial charge on any atom is -0.382 e. The highest BCUT2D eigenvalue weighted by molar-refractivity contribution is 4.67. The fourth-order valence-corrected chi connectivity index (χ4v) is 1.22. The van der Waals surface area contributed by atoms with Crippen molar-refractivity contribution < 1.29 is 4.74 Å². The van der Waals surface area contributed by atoms with Crippen LogP contribution in [0.1, 0.15) is 39.5 Å². The van der Waals surface area contributed by atoms with Crippen LogP contribution >= 0.6 is 0 Å². The van der Waals surface area contributed by atoms with E-state index in [1.165, 1.54) is 12.8 Å². The molecule has 0 fully saturated rings. The standard InChI is InChI=1S/C11H21O/c1-5-7-10(2)8-6-9-11(3)12-4/h1,5,10-11H,6-9H2,2-4H3. The van der Waals surface area contributed by atoms with Crippen molar-refractivity contribution in [1.82, 2.24) is 0 Å². The average Bonchev–Trinajstić information content (AvgIpc) is 2.04. The lowest BCUT2D eigenvalue weighted by atomic mass is 10.00. The second-order valence-electron chi connectivity index (χ2n) is 3.55. The van der Waals surface area contributed by atoms with Crippen molar-refractivity contribution in [3.05, 3.63) is 12.7 Å². The summed E-state index contributed by atoms with van der Waals surface area (Å²) < 4.78 is 5.16. The molecule has 2 atom stereocenters. The van der Waals surface area contributed by atoms with Gasteiger partial charge >= 0.3 is 0 Å². The van der Waals surface area contributed by atoms with Crippen LogP contribution in [0.15, 0.2) is 6.08 Å². The van der Waals surface area contributed by atoms with Gasteiger partial charge < -0.3 is 4.74 Å². The summed E-state index contributed by atoms with van der Waals surface area (Å²) in [4.78, 5) is 0. The first-order chi connectivity index (χ1) is 5.70. The molecule has 12 heavy (non-hydrogen) atoms. The number of hydrogen-bond donors (Lipinski definition) is 0. The van der Waals surface area contributed by atoms with Crippen molar-refractivity contribution in [1.29, 1.82) is 0 Å². The predicted molar refractivity (Wildman–Crippen MR) is 53.0 cm³/mol. The predicted octanol–water partition coefficient (Wildman–Crippen LogP) is 3.21. The van der Waals surface area contributed by atoms with Crippen LogP contribution in [0.4, 0.5) is 0 Å². The quantitative estimate of drug-likeness (QED) is 0.568. The van der Waals surface area contributed by atoms with Crippen molar-refractivity contribution in [3.63, 3.8) is 0 Å². The Morgan fingerprint density at radius 1 is 1.33 bits per heavy atom. The molecule has 0 aromatic heterocycles.